The van der Waals surface area contributed by atoms with E-state index in [1.165, 1.54) is 18.3 Å². The van der Waals surface area contributed by atoms with Crippen molar-refractivity contribution in [3.63, 3.8) is 0 Å². The van der Waals surface area contributed by atoms with Gasteiger partial charge in [-0.2, -0.15) is 8.78 Å². The molecule has 5 nitrogen and oxygen atoms in total. The predicted molar refractivity (Wildman–Crippen MR) is 96.5 cm³/mol. The molecule has 1 aromatic carbocycles. The summed E-state index contributed by atoms with van der Waals surface area (Å²) in [6, 6.07) is 9.60. The maximum Gasteiger partial charge on any atom is 0.351 e. The predicted octanol–water partition coefficient (Wildman–Crippen LogP) is 3.93. The zero-order chi connectivity index (χ0) is 18.9. The largest absolute Gasteiger partial charge is 0.351 e. The molecule has 0 unspecified atom stereocenters. The topological polar surface area (TPSA) is 59.8 Å². The van der Waals surface area contributed by atoms with Crippen molar-refractivity contribution < 1.29 is 13.6 Å². The van der Waals surface area contributed by atoms with Crippen LogP contribution >= 0.6 is 0 Å². The summed E-state index contributed by atoms with van der Waals surface area (Å²) in [7, 11) is 0. The van der Waals surface area contributed by atoms with Gasteiger partial charge in [-0.25, -0.2) is 4.98 Å². The van der Waals surface area contributed by atoms with E-state index in [-0.39, 0.29) is 5.92 Å². The van der Waals surface area contributed by atoms with Gasteiger partial charge < -0.3 is 9.88 Å². The Kier molecular flexibility index (Phi) is 4.43. The average molecular weight is 368 g/mol. The Labute approximate surface area is 155 Å². The molecule has 0 radical (unpaired) electrons. The van der Waals surface area contributed by atoms with E-state index < -0.39 is 17.4 Å². The van der Waals surface area contributed by atoms with E-state index in [1.807, 2.05) is 24.7 Å². The molecule has 3 heterocycles. The number of benzene rings is 1. The first-order chi connectivity index (χ1) is 13.1. The number of anilines is 1. The van der Waals surface area contributed by atoms with Crippen molar-refractivity contribution in [3.05, 3.63) is 78.1 Å². The summed E-state index contributed by atoms with van der Waals surface area (Å²) in [5, 5.41) is 2.29. The van der Waals surface area contributed by atoms with Crippen molar-refractivity contribution in [1.29, 1.82) is 0 Å². The van der Waals surface area contributed by atoms with Gasteiger partial charge in [0.25, 0.3) is 5.91 Å². The molecule has 1 aliphatic heterocycles. The first-order valence-electron chi connectivity index (χ1n) is 8.75. The SMILES string of the molecule is O=C(Nc1ccc([C@@H]2CCCn3cncc32)cc1)C(F)(F)c1cccnc1. The monoisotopic (exact) mass is 368 g/mol. The fraction of sp³-hybridized carbons (Fsp3) is 0.250. The van der Waals surface area contributed by atoms with Gasteiger partial charge in [-0.1, -0.05) is 12.1 Å². The van der Waals surface area contributed by atoms with Gasteiger partial charge >= 0.3 is 5.92 Å². The molecule has 0 saturated carbocycles. The second-order valence-corrected chi connectivity index (χ2v) is 6.60. The molecule has 27 heavy (non-hydrogen) atoms. The Morgan fingerprint density at radius 3 is 2.70 bits per heavy atom. The third kappa shape index (κ3) is 3.32. The van der Waals surface area contributed by atoms with Gasteiger partial charge in [-0.3, -0.25) is 9.78 Å². The molecule has 3 aromatic rings. The summed E-state index contributed by atoms with van der Waals surface area (Å²) in [6.07, 6.45) is 8.15. The highest BCUT2D eigenvalue weighted by Crippen LogP contribution is 2.34. The molecule has 138 valence electrons. The van der Waals surface area contributed by atoms with Gasteiger partial charge in [0, 0.05) is 48.0 Å². The number of rotatable bonds is 4. The van der Waals surface area contributed by atoms with Crippen LogP contribution in [0.3, 0.4) is 0 Å². The van der Waals surface area contributed by atoms with Gasteiger partial charge in [0.05, 0.1) is 6.33 Å². The van der Waals surface area contributed by atoms with Crippen LogP contribution in [0.2, 0.25) is 0 Å². The minimum Gasteiger partial charge on any atom is -0.334 e. The smallest absolute Gasteiger partial charge is 0.334 e. The number of aryl methyl sites for hydroxylation is 1. The molecule has 0 saturated heterocycles. The number of amides is 1. The van der Waals surface area contributed by atoms with Crippen LogP contribution in [-0.2, 0) is 17.3 Å². The van der Waals surface area contributed by atoms with Crippen molar-refractivity contribution in [2.75, 3.05) is 5.32 Å². The molecule has 4 rings (SSSR count). The summed E-state index contributed by atoms with van der Waals surface area (Å²) in [6.45, 7) is 0.962. The summed E-state index contributed by atoms with van der Waals surface area (Å²) >= 11 is 0. The maximum absolute atomic E-state index is 14.3. The van der Waals surface area contributed by atoms with E-state index in [0.29, 0.717) is 5.69 Å². The number of imidazole rings is 1. The van der Waals surface area contributed by atoms with E-state index in [9.17, 15) is 13.6 Å². The van der Waals surface area contributed by atoms with E-state index in [1.54, 1.807) is 12.1 Å². The molecule has 0 fully saturated rings. The molecular weight excluding hydrogens is 350 g/mol. The Morgan fingerprint density at radius 2 is 1.96 bits per heavy atom. The Bertz CT molecular complexity index is 938. The number of nitrogens with one attached hydrogen (secondary N) is 1. The minimum atomic E-state index is -3.65. The molecule has 1 aliphatic rings. The van der Waals surface area contributed by atoms with Crippen LogP contribution in [0.1, 0.15) is 35.6 Å². The Balaban J connectivity index is 1.50. The summed E-state index contributed by atoms with van der Waals surface area (Å²) in [4.78, 5) is 19.9. The van der Waals surface area contributed by atoms with Crippen LogP contribution < -0.4 is 5.32 Å². The fourth-order valence-corrected chi connectivity index (χ4v) is 3.45. The first-order valence-corrected chi connectivity index (χ1v) is 8.75. The van der Waals surface area contributed by atoms with Crippen molar-refractivity contribution >= 4 is 11.6 Å². The molecular formula is C20H18F2N4O. The van der Waals surface area contributed by atoms with Gasteiger partial charge in [0.2, 0.25) is 0 Å². The Hall–Kier alpha value is -3.09. The van der Waals surface area contributed by atoms with Gasteiger partial charge in [-0.15, -0.1) is 0 Å². The lowest BCUT2D eigenvalue weighted by atomic mass is 9.89. The maximum atomic E-state index is 14.3. The molecule has 0 bridgehead atoms. The van der Waals surface area contributed by atoms with Crippen LogP contribution in [0.5, 0.6) is 0 Å². The van der Waals surface area contributed by atoms with Crippen LogP contribution in [0.4, 0.5) is 14.5 Å². The zero-order valence-corrected chi connectivity index (χ0v) is 14.5. The molecule has 1 atom stereocenters. The number of pyridine rings is 1. The van der Waals surface area contributed by atoms with Crippen molar-refractivity contribution in [2.45, 2.75) is 31.2 Å². The average Bonchev–Trinajstić information content (AvgIpc) is 3.18. The van der Waals surface area contributed by atoms with Crippen LogP contribution in [0.15, 0.2) is 61.3 Å². The first kappa shape index (κ1) is 17.3. The standard InChI is InChI=1S/C20H18F2N4O/c21-20(22,15-3-1-9-23-11-15)19(27)25-16-7-5-14(6-8-16)17-4-2-10-26-13-24-12-18(17)26/h1,3,5-9,11-13,17H,2,4,10H2,(H,25,27)/t17-/m0/s1. The number of aromatic nitrogens is 3. The fourth-order valence-electron chi connectivity index (χ4n) is 3.45. The highest BCUT2D eigenvalue weighted by molar-refractivity contribution is 5.96. The van der Waals surface area contributed by atoms with Crippen molar-refractivity contribution in [2.24, 2.45) is 0 Å². The third-order valence-corrected chi connectivity index (χ3v) is 4.87. The molecule has 1 amide bonds. The van der Waals surface area contributed by atoms with Crippen molar-refractivity contribution in [1.82, 2.24) is 14.5 Å². The van der Waals surface area contributed by atoms with Gasteiger partial charge in [0.15, 0.2) is 0 Å². The molecule has 1 N–H and O–H groups in total. The highest BCUT2D eigenvalue weighted by Gasteiger charge is 2.41. The van der Waals surface area contributed by atoms with Crippen LogP contribution in [-0.4, -0.2) is 20.4 Å². The molecule has 7 heteroatoms. The van der Waals surface area contributed by atoms with E-state index in [2.05, 4.69) is 19.9 Å². The highest BCUT2D eigenvalue weighted by atomic mass is 19.3. The number of carbonyl (C=O) groups is 1. The van der Waals surface area contributed by atoms with E-state index in [4.69, 9.17) is 0 Å². The number of carbonyl (C=O) groups excluding carboxylic acids is 1. The lowest BCUT2D eigenvalue weighted by Gasteiger charge is -2.24. The van der Waals surface area contributed by atoms with Crippen LogP contribution in [0, 0.1) is 0 Å². The minimum absolute atomic E-state index is 0.225. The van der Waals surface area contributed by atoms with E-state index in [0.717, 1.165) is 36.8 Å². The summed E-state index contributed by atoms with van der Waals surface area (Å²) < 4.78 is 30.7. The zero-order valence-electron chi connectivity index (χ0n) is 14.5. The quantitative estimate of drug-likeness (QED) is 0.759. The van der Waals surface area contributed by atoms with Crippen molar-refractivity contribution in [3.8, 4) is 0 Å². The number of halogens is 2. The van der Waals surface area contributed by atoms with Gasteiger partial charge in [0.1, 0.15) is 0 Å². The number of alkyl halides is 2. The number of fused-ring (bicyclic) bond motifs is 1. The number of hydrogen-bond acceptors (Lipinski definition) is 3. The van der Waals surface area contributed by atoms with Crippen LogP contribution in [0.25, 0.3) is 0 Å². The second-order valence-electron chi connectivity index (χ2n) is 6.60. The Morgan fingerprint density at radius 1 is 1.15 bits per heavy atom. The second kappa shape index (κ2) is 6.90. The molecule has 2 aromatic heterocycles. The number of hydrogen-bond donors (Lipinski definition) is 1. The lowest BCUT2D eigenvalue weighted by molar-refractivity contribution is -0.141. The summed E-state index contributed by atoms with van der Waals surface area (Å²) in [5.74, 6) is -4.80. The normalized spacial score (nSPS) is 16.6. The van der Waals surface area contributed by atoms with E-state index >= 15 is 0 Å². The lowest BCUT2D eigenvalue weighted by Crippen LogP contribution is -2.32. The number of nitrogens with zero attached hydrogens (tertiary/aromatic N) is 3. The third-order valence-electron chi connectivity index (χ3n) is 4.87. The molecule has 0 spiro atoms. The van der Waals surface area contributed by atoms with Gasteiger partial charge in [-0.05, 0) is 42.7 Å². The summed E-state index contributed by atoms with van der Waals surface area (Å²) in [5.41, 5.74) is 2.13. The molecule has 0 aliphatic carbocycles.